The number of terminal acetylenes is 1. The minimum Gasteiger partial charge on any atom is -0.308 e. The molecule has 1 aliphatic rings. The van der Waals surface area contributed by atoms with E-state index in [1.165, 1.54) is 0 Å². The molecule has 1 aromatic carbocycles. The first-order chi connectivity index (χ1) is 11.4. The van der Waals surface area contributed by atoms with Crippen molar-refractivity contribution in [2.45, 2.75) is 51.1 Å². The average molecular weight is 348 g/mol. The van der Waals surface area contributed by atoms with Crippen LogP contribution in [-0.4, -0.2) is 24.2 Å². The lowest BCUT2D eigenvalue weighted by molar-refractivity contribution is -0.120. The van der Waals surface area contributed by atoms with Gasteiger partial charge in [0.2, 0.25) is 0 Å². The molecule has 0 N–H and O–H groups in total. The summed E-state index contributed by atoms with van der Waals surface area (Å²) in [5.41, 5.74) is 1.90. The molecule has 0 heterocycles. The van der Waals surface area contributed by atoms with Crippen molar-refractivity contribution in [2.24, 2.45) is 0 Å². The quantitative estimate of drug-likeness (QED) is 0.539. The van der Waals surface area contributed by atoms with Gasteiger partial charge in [-0.2, -0.15) is 0 Å². The SMILES string of the molecule is C#C[C@H](c1ccc(C)cc1)[C@@]1(P(=O)(OCC)OCC)CCCC1=O. The number of benzene rings is 1. The zero-order valence-corrected chi connectivity index (χ0v) is 15.5. The van der Waals surface area contributed by atoms with Gasteiger partial charge in [0.05, 0.1) is 19.1 Å². The fourth-order valence-corrected chi connectivity index (χ4v) is 6.11. The van der Waals surface area contributed by atoms with E-state index >= 15 is 0 Å². The van der Waals surface area contributed by atoms with Gasteiger partial charge < -0.3 is 9.05 Å². The first-order valence-electron chi connectivity index (χ1n) is 8.40. The summed E-state index contributed by atoms with van der Waals surface area (Å²) in [6.45, 7) is 5.89. The molecule has 1 aliphatic carbocycles. The van der Waals surface area contributed by atoms with Crippen LogP contribution >= 0.6 is 7.60 Å². The highest BCUT2D eigenvalue weighted by Crippen LogP contribution is 2.69. The minimum absolute atomic E-state index is 0.115. The predicted octanol–water partition coefficient (Wildman–Crippen LogP) is 4.47. The summed E-state index contributed by atoms with van der Waals surface area (Å²) in [6.07, 6.45) is 7.25. The van der Waals surface area contributed by atoms with Crippen LogP contribution in [0.4, 0.5) is 0 Å². The maximum absolute atomic E-state index is 13.6. The van der Waals surface area contributed by atoms with Gasteiger partial charge in [-0.05, 0) is 39.2 Å². The van der Waals surface area contributed by atoms with Gasteiger partial charge in [-0.15, -0.1) is 6.42 Å². The van der Waals surface area contributed by atoms with Crippen molar-refractivity contribution in [1.29, 1.82) is 0 Å². The van der Waals surface area contributed by atoms with Gasteiger partial charge >= 0.3 is 7.60 Å². The number of carbonyl (C=O) groups is 1. The molecule has 4 nitrogen and oxygen atoms in total. The second-order valence-corrected chi connectivity index (χ2v) is 8.35. The summed E-state index contributed by atoms with van der Waals surface area (Å²) in [7, 11) is -3.70. The van der Waals surface area contributed by atoms with Crippen molar-refractivity contribution in [3.63, 3.8) is 0 Å². The van der Waals surface area contributed by atoms with Crippen LogP contribution in [0, 0.1) is 19.3 Å². The summed E-state index contributed by atoms with van der Waals surface area (Å²) < 4.78 is 24.8. The molecule has 0 spiro atoms. The Kier molecular flexibility index (Phi) is 6.04. The average Bonchev–Trinajstić information content (AvgIpc) is 2.93. The van der Waals surface area contributed by atoms with E-state index in [0.717, 1.165) is 11.1 Å². The maximum Gasteiger partial charge on any atom is 0.345 e. The van der Waals surface area contributed by atoms with Gasteiger partial charge in [-0.1, -0.05) is 35.7 Å². The van der Waals surface area contributed by atoms with Gasteiger partial charge in [0.1, 0.15) is 5.16 Å². The minimum atomic E-state index is -3.70. The van der Waals surface area contributed by atoms with Gasteiger partial charge in [0, 0.05) is 6.42 Å². The van der Waals surface area contributed by atoms with Crippen molar-refractivity contribution < 1.29 is 18.4 Å². The molecule has 0 saturated heterocycles. The van der Waals surface area contributed by atoms with Crippen molar-refractivity contribution >= 4 is 13.4 Å². The Balaban J connectivity index is 2.62. The third-order valence-electron chi connectivity index (χ3n) is 4.59. The summed E-state index contributed by atoms with van der Waals surface area (Å²) in [4.78, 5) is 12.9. The van der Waals surface area contributed by atoms with Crippen LogP contribution in [0.3, 0.4) is 0 Å². The highest BCUT2D eigenvalue weighted by molar-refractivity contribution is 7.57. The van der Waals surface area contributed by atoms with Crippen molar-refractivity contribution in [1.82, 2.24) is 0 Å². The number of ketones is 1. The summed E-state index contributed by atoms with van der Waals surface area (Å²) in [6, 6.07) is 7.68. The van der Waals surface area contributed by atoms with E-state index in [9.17, 15) is 9.36 Å². The summed E-state index contributed by atoms with van der Waals surface area (Å²) in [5, 5.41) is -1.29. The standard InChI is InChI=1S/C19H25O4P/c1-5-17(16-12-10-15(4)11-13-16)19(14-8-9-18(19)20)24(21,22-6-2)23-7-3/h1,10-13,17H,6-9,14H2,2-4H3/t17-,19+/m1/s1. The number of rotatable bonds is 7. The molecule has 24 heavy (non-hydrogen) atoms. The highest BCUT2D eigenvalue weighted by atomic mass is 31.2. The molecule has 1 saturated carbocycles. The molecule has 1 aromatic rings. The van der Waals surface area contributed by atoms with Gasteiger partial charge in [-0.25, -0.2) is 0 Å². The lowest BCUT2D eigenvalue weighted by atomic mass is 9.83. The molecule has 0 aliphatic heterocycles. The monoisotopic (exact) mass is 348 g/mol. The fourth-order valence-electron chi connectivity index (χ4n) is 3.50. The third kappa shape index (κ3) is 3.09. The maximum atomic E-state index is 13.6. The van der Waals surface area contributed by atoms with Crippen LogP contribution in [0.2, 0.25) is 0 Å². The molecule has 5 heteroatoms. The van der Waals surface area contributed by atoms with E-state index in [-0.39, 0.29) is 19.0 Å². The van der Waals surface area contributed by atoms with Crippen molar-refractivity contribution in [3.05, 3.63) is 35.4 Å². The van der Waals surface area contributed by atoms with Crippen LogP contribution in [-0.2, 0) is 18.4 Å². The second-order valence-electron chi connectivity index (χ2n) is 6.04. The highest BCUT2D eigenvalue weighted by Gasteiger charge is 2.62. The van der Waals surface area contributed by atoms with Crippen molar-refractivity contribution in [2.75, 3.05) is 13.2 Å². The zero-order valence-electron chi connectivity index (χ0n) is 14.6. The first kappa shape index (κ1) is 18.9. The van der Waals surface area contributed by atoms with Gasteiger partial charge in [-0.3, -0.25) is 9.36 Å². The largest absolute Gasteiger partial charge is 0.345 e. The number of Topliss-reactive ketones (excluding diaryl/α,β-unsaturated/α-hetero) is 1. The Morgan fingerprint density at radius 1 is 1.25 bits per heavy atom. The molecule has 1 fully saturated rings. The molecule has 0 aromatic heterocycles. The van der Waals surface area contributed by atoms with Crippen LogP contribution in [0.15, 0.2) is 24.3 Å². The molecule has 0 radical (unpaired) electrons. The Hall–Kier alpha value is -1.40. The summed E-state index contributed by atoms with van der Waals surface area (Å²) in [5.74, 6) is 1.98. The molecule has 0 amide bonds. The van der Waals surface area contributed by atoms with E-state index in [0.29, 0.717) is 19.3 Å². The zero-order chi connectivity index (χ0) is 17.8. The molecule has 0 unspecified atom stereocenters. The van der Waals surface area contributed by atoms with Crippen LogP contribution in [0.5, 0.6) is 0 Å². The van der Waals surface area contributed by atoms with Crippen LogP contribution in [0.1, 0.15) is 50.2 Å². The molecule has 2 rings (SSSR count). The van der Waals surface area contributed by atoms with E-state index in [1.807, 2.05) is 31.2 Å². The molecular formula is C19H25O4P. The van der Waals surface area contributed by atoms with E-state index in [2.05, 4.69) is 5.92 Å². The number of aryl methyl sites for hydroxylation is 1. The number of hydrogen-bond acceptors (Lipinski definition) is 4. The van der Waals surface area contributed by atoms with Crippen LogP contribution in [0.25, 0.3) is 0 Å². The van der Waals surface area contributed by atoms with E-state index < -0.39 is 18.7 Å². The Labute approximate surface area is 144 Å². The normalized spacial score (nSPS) is 22.3. The van der Waals surface area contributed by atoms with Gasteiger partial charge in [0.25, 0.3) is 0 Å². The Bertz CT molecular complexity index is 664. The molecular weight excluding hydrogens is 323 g/mol. The van der Waals surface area contributed by atoms with E-state index in [4.69, 9.17) is 15.5 Å². The molecule has 0 bridgehead atoms. The summed E-state index contributed by atoms with van der Waals surface area (Å²) >= 11 is 0. The van der Waals surface area contributed by atoms with Crippen LogP contribution < -0.4 is 0 Å². The smallest absolute Gasteiger partial charge is 0.308 e. The fraction of sp³-hybridized carbons (Fsp3) is 0.526. The number of carbonyl (C=O) groups excluding carboxylic acids is 1. The molecule has 130 valence electrons. The lowest BCUT2D eigenvalue weighted by Gasteiger charge is -2.38. The number of hydrogen-bond donors (Lipinski definition) is 0. The van der Waals surface area contributed by atoms with Gasteiger partial charge in [0.15, 0.2) is 5.78 Å². The van der Waals surface area contributed by atoms with E-state index in [1.54, 1.807) is 13.8 Å². The topological polar surface area (TPSA) is 52.6 Å². The Morgan fingerprint density at radius 2 is 1.83 bits per heavy atom. The predicted molar refractivity (Wildman–Crippen MR) is 95.2 cm³/mol. The third-order valence-corrected chi connectivity index (χ3v) is 7.49. The lowest BCUT2D eigenvalue weighted by Crippen LogP contribution is -2.41. The molecule has 2 atom stereocenters. The second kappa shape index (κ2) is 7.66. The Morgan fingerprint density at radius 3 is 2.25 bits per heavy atom. The van der Waals surface area contributed by atoms with Crippen molar-refractivity contribution in [3.8, 4) is 12.3 Å². The first-order valence-corrected chi connectivity index (χ1v) is 9.94.